The molecule has 0 heterocycles. The smallest absolute Gasteiger partial charge is 0.312 e. The third-order valence-corrected chi connectivity index (χ3v) is 2.21. The fourth-order valence-corrected chi connectivity index (χ4v) is 1.66. The fraction of sp³-hybridized carbons (Fsp3) is 0.714. The molecular weight excluding hydrogens is 158 g/mol. The van der Waals surface area contributed by atoms with E-state index in [9.17, 15) is 9.59 Å². The van der Waals surface area contributed by atoms with Crippen molar-refractivity contribution in [1.82, 2.24) is 5.32 Å². The monoisotopic (exact) mass is 171 g/mol. The van der Waals surface area contributed by atoms with Crippen molar-refractivity contribution >= 4 is 11.9 Å². The summed E-state index contributed by atoms with van der Waals surface area (Å²) in [5, 5.41) is 2.51. The van der Waals surface area contributed by atoms with Crippen molar-refractivity contribution in [2.45, 2.75) is 25.3 Å². The van der Waals surface area contributed by atoms with Gasteiger partial charge >= 0.3 is 6.03 Å². The van der Waals surface area contributed by atoms with Gasteiger partial charge in [-0.2, -0.15) is 0 Å². The van der Waals surface area contributed by atoms with Crippen LogP contribution in [0.4, 0.5) is 4.79 Å². The number of nitrogens with one attached hydrogen (secondary N) is 1. The number of hydrogen-bond acceptors (Lipinski definition) is 2. The summed E-state index contributed by atoms with van der Waals surface area (Å²) >= 11 is 0. The van der Waals surface area contributed by atoms with Crippen LogP contribution in [0.25, 0.3) is 0 Å². The molecule has 0 aromatic heterocycles. The van der Waals surface area contributed by atoms with Crippen molar-refractivity contribution < 1.29 is 9.59 Å². The molecule has 1 saturated carbocycles. The maximum Gasteiger partial charge on any atom is 0.312 e. The zero-order chi connectivity index (χ0) is 9.14. The van der Waals surface area contributed by atoms with Crippen LogP contribution in [0.2, 0.25) is 0 Å². The van der Waals surface area contributed by atoms with Gasteiger partial charge in [0.15, 0.2) is 0 Å². The molecule has 3 amide bonds. The molecule has 2 atom stereocenters. The molecule has 0 radical (unpaired) electrons. The highest BCUT2D eigenvalue weighted by Crippen LogP contribution is 2.24. The van der Waals surface area contributed by atoms with Gasteiger partial charge in [-0.05, 0) is 12.8 Å². The Morgan fingerprint density at radius 3 is 2.42 bits per heavy atom. The topological polar surface area (TPSA) is 98.2 Å². The summed E-state index contributed by atoms with van der Waals surface area (Å²) in [5.74, 6) is -0.594. The number of rotatable bonds is 2. The minimum atomic E-state index is -0.590. The van der Waals surface area contributed by atoms with E-state index in [0.717, 1.165) is 19.3 Å². The first-order valence-electron chi connectivity index (χ1n) is 3.96. The quantitative estimate of drug-likeness (QED) is 0.512. The van der Waals surface area contributed by atoms with E-state index in [-0.39, 0.29) is 17.9 Å². The maximum atomic E-state index is 10.8. The number of amides is 3. The first-order chi connectivity index (χ1) is 5.61. The average molecular weight is 171 g/mol. The van der Waals surface area contributed by atoms with Crippen molar-refractivity contribution in [1.29, 1.82) is 0 Å². The highest BCUT2D eigenvalue weighted by atomic mass is 16.2. The highest BCUT2D eigenvalue weighted by Gasteiger charge is 2.31. The highest BCUT2D eigenvalue weighted by molar-refractivity contribution is 5.79. The lowest BCUT2D eigenvalue weighted by Crippen LogP contribution is -2.44. The number of urea groups is 1. The van der Waals surface area contributed by atoms with Crippen LogP contribution in [0.3, 0.4) is 0 Å². The molecule has 0 aliphatic heterocycles. The van der Waals surface area contributed by atoms with E-state index < -0.39 is 6.03 Å². The molecule has 0 aromatic rings. The molecule has 0 aromatic carbocycles. The SMILES string of the molecule is NC(=O)NC1CCCC1C(N)=O. The van der Waals surface area contributed by atoms with Crippen LogP contribution < -0.4 is 16.8 Å². The number of primary amides is 2. The van der Waals surface area contributed by atoms with E-state index in [1.54, 1.807) is 0 Å². The minimum Gasteiger partial charge on any atom is -0.369 e. The summed E-state index contributed by atoms with van der Waals surface area (Å²) in [5.41, 5.74) is 10.1. The lowest BCUT2D eigenvalue weighted by atomic mass is 10.0. The van der Waals surface area contributed by atoms with E-state index in [1.807, 2.05) is 0 Å². The Balaban J connectivity index is 2.52. The standard InChI is InChI=1S/C7H13N3O2/c8-6(11)4-2-1-3-5(4)10-7(9)12/h4-5H,1-3H2,(H2,8,11)(H3,9,10,12). The first-order valence-corrected chi connectivity index (χ1v) is 3.96. The minimum absolute atomic E-state index is 0.153. The second kappa shape index (κ2) is 3.42. The van der Waals surface area contributed by atoms with Gasteiger partial charge in [0.25, 0.3) is 0 Å². The second-order valence-corrected chi connectivity index (χ2v) is 3.05. The van der Waals surface area contributed by atoms with Gasteiger partial charge in [0.05, 0.1) is 5.92 Å². The van der Waals surface area contributed by atoms with Gasteiger partial charge in [0.1, 0.15) is 0 Å². The summed E-state index contributed by atoms with van der Waals surface area (Å²) in [7, 11) is 0. The molecule has 1 aliphatic carbocycles. The predicted octanol–water partition coefficient (Wildman–Crippen LogP) is -0.691. The zero-order valence-corrected chi connectivity index (χ0v) is 6.75. The van der Waals surface area contributed by atoms with Crippen molar-refractivity contribution in [3.8, 4) is 0 Å². The van der Waals surface area contributed by atoms with Gasteiger partial charge in [0.2, 0.25) is 5.91 Å². The molecule has 5 nitrogen and oxygen atoms in total. The molecule has 1 rings (SSSR count). The Morgan fingerprint density at radius 1 is 1.25 bits per heavy atom. The van der Waals surface area contributed by atoms with Crippen LogP contribution in [-0.2, 0) is 4.79 Å². The third-order valence-electron chi connectivity index (χ3n) is 2.21. The van der Waals surface area contributed by atoms with Crippen LogP contribution in [0.5, 0.6) is 0 Å². The summed E-state index contributed by atoms with van der Waals surface area (Å²) < 4.78 is 0. The predicted molar refractivity (Wildman–Crippen MR) is 43.0 cm³/mol. The van der Waals surface area contributed by atoms with E-state index in [1.165, 1.54) is 0 Å². The molecular formula is C7H13N3O2. The molecule has 0 spiro atoms. The normalized spacial score (nSPS) is 28.3. The van der Waals surface area contributed by atoms with Crippen LogP contribution in [-0.4, -0.2) is 18.0 Å². The molecule has 5 heteroatoms. The fourth-order valence-electron chi connectivity index (χ4n) is 1.66. The Bertz CT molecular complexity index is 205. The van der Waals surface area contributed by atoms with E-state index in [0.29, 0.717) is 0 Å². The van der Waals surface area contributed by atoms with Gasteiger partial charge in [-0.25, -0.2) is 4.79 Å². The van der Waals surface area contributed by atoms with Gasteiger partial charge in [-0.15, -0.1) is 0 Å². The lowest BCUT2D eigenvalue weighted by Gasteiger charge is -2.16. The third kappa shape index (κ3) is 1.87. The Morgan fingerprint density at radius 2 is 1.92 bits per heavy atom. The van der Waals surface area contributed by atoms with E-state index in [2.05, 4.69) is 5.32 Å². The Hall–Kier alpha value is -1.26. The summed E-state index contributed by atoms with van der Waals surface area (Å²) in [4.78, 5) is 21.3. The number of nitrogens with two attached hydrogens (primary N) is 2. The molecule has 68 valence electrons. The van der Waals surface area contributed by atoms with E-state index in [4.69, 9.17) is 11.5 Å². The van der Waals surface area contributed by atoms with Crippen LogP contribution in [0.1, 0.15) is 19.3 Å². The van der Waals surface area contributed by atoms with Crippen molar-refractivity contribution in [2.75, 3.05) is 0 Å². The van der Waals surface area contributed by atoms with Gasteiger partial charge in [-0.1, -0.05) is 6.42 Å². The van der Waals surface area contributed by atoms with Crippen LogP contribution in [0.15, 0.2) is 0 Å². The molecule has 2 unspecified atom stereocenters. The number of carbonyl (C=O) groups excluding carboxylic acids is 2. The maximum absolute atomic E-state index is 10.8. The molecule has 12 heavy (non-hydrogen) atoms. The molecule has 5 N–H and O–H groups in total. The van der Waals surface area contributed by atoms with E-state index >= 15 is 0 Å². The van der Waals surface area contributed by atoms with Gasteiger partial charge in [0, 0.05) is 6.04 Å². The molecule has 0 bridgehead atoms. The largest absolute Gasteiger partial charge is 0.369 e. The Kier molecular flexibility index (Phi) is 2.52. The van der Waals surface area contributed by atoms with Crippen molar-refractivity contribution in [3.05, 3.63) is 0 Å². The molecule has 1 fully saturated rings. The van der Waals surface area contributed by atoms with Crippen LogP contribution in [0, 0.1) is 5.92 Å². The summed E-state index contributed by atoms with van der Waals surface area (Å²) in [6.45, 7) is 0. The second-order valence-electron chi connectivity index (χ2n) is 3.05. The lowest BCUT2D eigenvalue weighted by molar-refractivity contribution is -0.122. The summed E-state index contributed by atoms with van der Waals surface area (Å²) in [6.07, 6.45) is 2.45. The Labute approximate surface area is 70.5 Å². The van der Waals surface area contributed by atoms with Crippen molar-refractivity contribution in [2.24, 2.45) is 17.4 Å². The molecule has 0 saturated heterocycles. The number of hydrogen-bond donors (Lipinski definition) is 3. The van der Waals surface area contributed by atoms with Gasteiger partial charge in [-0.3, -0.25) is 4.79 Å². The van der Waals surface area contributed by atoms with Gasteiger partial charge < -0.3 is 16.8 Å². The summed E-state index contributed by atoms with van der Waals surface area (Å²) in [6, 6.07) is -0.742. The van der Waals surface area contributed by atoms with Crippen LogP contribution >= 0.6 is 0 Å². The first kappa shape index (κ1) is 8.83. The average Bonchev–Trinajstić information content (AvgIpc) is 2.33. The zero-order valence-electron chi connectivity index (χ0n) is 6.75. The molecule has 1 aliphatic rings. The number of carbonyl (C=O) groups is 2. The van der Waals surface area contributed by atoms with Crippen molar-refractivity contribution in [3.63, 3.8) is 0 Å².